The van der Waals surface area contributed by atoms with Gasteiger partial charge in [0, 0.05) is 18.7 Å². The van der Waals surface area contributed by atoms with Crippen molar-refractivity contribution in [1.29, 1.82) is 0 Å². The van der Waals surface area contributed by atoms with Crippen LogP contribution in [-0.4, -0.2) is 19.6 Å². The van der Waals surface area contributed by atoms with Gasteiger partial charge >= 0.3 is 0 Å². The monoisotopic (exact) mass is 361 g/mol. The summed E-state index contributed by atoms with van der Waals surface area (Å²) in [4.78, 5) is 15.5. The lowest BCUT2D eigenvalue weighted by Crippen LogP contribution is -2.01. The number of phenolic OH excluding ortho intramolecular Hbond substituents is 1. The molecule has 0 radical (unpaired) electrons. The normalized spacial score (nSPS) is 11.3. The van der Waals surface area contributed by atoms with Crippen molar-refractivity contribution >= 4 is 27.5 Å². The number of rotatable bonds is 5. The van der Waals surface area contributed by atoms with Gasteiger partial charge in [-0.1, -0.05) is 43.7 Å². The average Bonchev–Trinajstić information content (AvgIpc) is 3.03. The summed E-state index contributed by atoms with van der Waals surface area (Å²) in [7, 11) is 0. The predicted molar refractivity (Wildman–Crippen MR) is 106 cm³/mol. The number of phenols is 1. The number of aryl methyl sites for hydroxylation is 1. The van der Waals surface area contributed by atoms with Gasteiger partial charge in [0.25, 0.3) is 5.69 Å². The Morgan fingerprint density at radius 2 is 1.96 bits per heavy atom. The number of hydrogen-bond donors (Lipinski definition) is 1. The van der Waals surface area contributed by atoms with Gasteiger partial charge in [-0.05, 0) is 29.3 Å². The lowest BCUT2D eigenvalue weighted by atomic mass is 10.0. The summed E-state index contributed by atoms with van der Waals surface area (Å²) in [6, 6.07) is 16.1. The Balaban J connectivity index is 2.04. The predicted octanol–water partition coefficient (Wildman–Crippen LogP) is 5.27. The van der Waals surface area contributed by atoms with Gasteiger partial charge in [-0.25, -0.2) is 4.98 Å². The molecule has 0 saturated heterocycles. The fourth-order valence-electron chi connectivity index (χ4n) is 3.45. The fraction of sp³-hybridized carbons (Fsp3) is 0.190. The highest BCUT2D eigenvalue weighted by molar-refractivity contribution is 5.99. The molecule has 0 atom stereocenters. The third-order valence-corrected chi connectivity index (χ3v) is 4.81. The lowest BCUT2D eigenvalue weighted by Gasteiger charge is -2.12. The average molecular weight is 361 g/mol. The van der Waals surface area contributed by atoms with E-state index in [0.29, 0.717) is 29.0 Å². The molecule has 27 heavy (non-hydrogen) atoms. The first-order chi connectivity index (χ1) is 13.1. The standard InChI is InChI=1S/C21H19N3O3/c1-2-3-12-23-18-13-15(24(26)27)9-10-17(18)22-21(23)20-16-7-5-4-6-14(16)8-11-19(20)25/h4-11,13,25H,2-3,12H2,1H3. The van der Waals surface area contributed by atoms with Crippen LogP contribution in [0.1, 0.15) is 19.8 Å². The molecule has 1 aromatic heterocycles. The van der Waals surface area contributed by atoms with Gasteiger partial charge in [-0.2, -0.15) is 0 Å². The van der Waals surface area contributed by atoms with E-state index in [2.05, 4.69) is 6.92 Å². The van der Waals surface area contributed by atoms with Crippen LogP contribution in [0.4, 0.5) is 5.69 Å². The van der Waals surface area contributed by atoms with Crippen molar-refractivity contribution in [1.82, 2.24) is 9.55 Å². The first-order valence-electron chi connectivity index (χ1n) is 8.96. The molecule has 0 aliphatic carbocycles. The maximum atomic E-state index is 11.2. The van der Waals surface area contributed by atoms with Crippen LogP contribution in [0.2, 0.25) is 0 Å². The van der Waals surface area contributed by atoms with E-state index in [4.69, 9.17) is 4.98 Å². The molecule has 6 heteroatoms. The fourth-order valence-corrected chi connectivity index (χ4v) is 3.45. The van der Waals surface area contributed by atoms with Crippen molar-refractivity contribution in [3.63, 3.8) is 0 Å². The first-order valence-corrected chi connectivity index (χ1v) is 8.96. The highest BCUT2D eigenvalue weighted by atomic mass is 16.6. The zero-order valence-electron chi connectivity index (χ0n) is 14.9. The molecule has 0 spiro atoms. The van der Waals surface area contributed by atoms with Crippen LogP contribution in [0.25, 0.3) is 33.2 Å². The summed E-state index contributed by atoms with van der Waals surface area (Å²) >= 11 is 0. The van der Waals surface area contributed by atoms with E-state index < -0.39 is 4.92 Å². The Hall–Kier alpha value is -3.41. The highest BCUT2D eigenvalue weighted by Gasteiger charge is 2.20. The van der Waals surface area contributed by atoms with Crippen LogP contribution in [0.15, 0.2) is 54.6 Å². The first kappa shape index (κ1) is 17.0. The molecule has 4 rings (SSSR count). The molecule has 0 amide bonds. The van der Waals surface area contributed by atoms with Crippen molar-refractivity contribution in [3.8, 4) is 17.1 Å². The van der Waals surface area contributed by atoms with Crippen LogP contribution in [-0.2, 0) is 6.54 Å². The summed E-state index contributed by atoms with van der Waals surface area (Å²) in [5, 5.41) is 23.7. The molecule has 3 aromatic carbocycles. The summed E-state index contributed by atoms with van der Waals surface area (Å²) in [6.07, 6.45) is 1.89. The van der Waals surface area contributed by atoms with Gasteiger partial charge in [-0.15, -0.1) is 0 Å². The third-order valence-electron chi connectivity index (χ3n) is 4.81. The Labute approximate surface area is 155 Å². The SMILES string of the molecule is CCCCn1c(-c2c(O)ccc3ccccc23)nc2ccc([N+](=O)[O-])cc21. The van der Waals surface area contributed by atoms with E-state index in [1.807, 2.05) is 34.9 Å². The van der Waals surface area contributed by atoms with Crippen molar-refractivity contribution in [2.24, 2.45) is 0 Å². The Kier molecular flexibility index (Phi) is 4.24. The van der Waals surface area contributed by atoms with E-state index in [1.54, 1.807) is 18.2 Å². The van der Waals surface area contributed by atoms with Gasteiger partial charge in [0.15, 0.2) is 0 Å². The molecular weight excluding hydrogens is 342 g/mol. The summed E-state index contributed by atoms with van der Waals surface area (Å²) in [6.45, 7) is 2.77. The summed E-state index contributed by atoms with van der Waals surface area (Å²) in [5.41, 5.74) is 2.08. The minimum absolute atomic E-state index is 0.0360. The van der Waals surface area contributed by atoms with E-state index in [9.17, 15) is 15.2 Å². The van der Waals surface area contributed by atoms with E-state index >= 15 is 0 Å². The number of aromatic nitrogens is 2. The van der Waals surface area contributed by atoms with Crippen LogP contribution < -0.4 is 0 Å². The van der Waals surface area contributed by atoms with E-state index in [-0.39, 0.29) is 11.4 Å². The number of imidazole rings is 1. The van der Waals surface area contributed by atoms with Gasteiger partial charge in [0.05, 0.1) is 21.5 Å². The van der Waals surface area contributed by atoms with Crippen molar-refractivity contribution < 1.29 is 10.0 Å². The van der Waals surface area contributed by atoms with Gasteiger partial charge in [-0.3, -0.25) is 10.1 Å². The van der Waals surface area contributed by atoms with Gasteiger partial charge in [0.1, 0.15) is 11.6 Å². The number of unbranched alkanes of at least 4 members (excludes halogenated alkanes) is 1. The zero-order chi connectivity index (χ0) is 19.0. The van der Waals surface area contributed by atoms with Crippen molar-refractivity contribution in [2.45, 2.75) is 26.3 Å². The summed E-state index contributed by atoms with van der Waals surface area (Å²) < 4.78 is 1.98. The maximum absolute atomic E-state index is 11.2. The number of nitro benzene ring substituents is 1. The number of fused-ring (bicyclic) bond motifs is 2. The topological polar surface area (TPSA) is 81.2 Å². The molecule has 6 nitrogen and oxygen atoms in total. The largest absolute Gasteiger partial charge is 0.507 e. The van der Waals surface area contributed by atoms with E-state index in [0.717, 1.165) is 23.6 Å². The minimum Gasteiger partial charge on any atom is -0.507 e. The number of benzene rings is 3. The Morgan fingerprint density at radius 1 is 1.15 bits per heavy atom. The van der Waals surface area contributed by atoms with Crippen molar-refractivity contribution in [2.75, 3.05) is 0 Å². The second kappa shape index (κ2) is 6.72. The smallest absolute Gasteiger partial charge is 0.271 e. The molecule has 1 N–H and O–H groups in total. The summed E-state index contributed by atoms with van der Waals surface area (Å²) in [5.74, 6) is 0.782. The van der Waals surface area contributed by atoms with Crippen LogP contribution in [0.3, 0.4) is 0 Å². The molecule has 1 heterocycles. The van der Waals surface area contributed by atoms with Crippen molar-refractivity contribution in [3.05, 3.63) is 64.7 Å². The van der Waals surface area contributed by atoms with E-state index in [1.165, 1.54) is 6.07 Å². The molecular formula is C21H19N3O3. The molecule has 0 bridgehead atoms. The van der Waals surface area contributed by atoms with Gasteiger partial charge in [0.2, 0.25) is 0 Å². The zero-order valence-corrected chi connectivity index (χ0v) is 14.9. The Morgan fingerprint density at radius 3 is 2.74 bits per heavy atom. The molecule has 0 saturated carbocycles. The maximum Gasteiger partial charge on any atom is 0.271 e. The molecule has 0 unspecified atom stereocenters. The lowest BCUT2D eigenvalue weighted by molar-refractivity contribution is -0.384. The molecule has 0 fully saturated rings. The second-order valence-electron chi connectivity index (χ2n) is 6.55. The Bertz CT molecular complexity index is 1160. The number of non-ortho nitro benzene ring substituents is 1. The molecule has 0 aliphatic heterocycles. The molecule has 136 valence electrons. The number of hydrogen-bond acceptors (Lipinski definition) is 4. The third kappa shape index (κ3) is 2.89. The molecule has 4 aromatic rings. The number of aromatic hydroxyl groups is 1. The van der Waals surface area contributed by atoms with Crippen LogP contribution in [0.5, 0.6) is 5.75 Å². The van der Waals surface area contributed by atoms with Crippen LogP contribution in [0, 0.1) is 10.1 Å². The van der Waals surface area contributed by atoms with Crippen LogP contribution >= 0.6 is 0 Å². The van der Waals surface area contributed by atoms with Gasteiger partial charge < -0.3 is 9.67 Å². The second-order valence-corrected chi connectivity index (χ2v) is 6.55. The number of nitro groups is 1. The highest BCUT2D eigenvalue weighted by Crippen LogP contribution is 2.38. The quantitative estimate of drug-likeness (QED) is 0.388. The number of nitrogens with zero attached hydrogens (tertiary/aromatic N) is 3. The molecule has 0 aliphatic rings. The minimum atomic E-state index is -0.397.